The number of hydrogen-bond acceptors (Lipinski definition) is 1. The van der Waals surface area contributed by atoms with E-state index in [9.17, 15) is 0 Å². The Hall–Kier alpha value is 0.210. The van der Waals surface area contributed by atoms with Crippen LogP contribution in [-0.2, 0) is 0 Å². The van der Waals surface area contributed by atoms with Gasteiger partial charge >= 0.3 is 0 Å². The minimum absolute atomic E-state index is 0.483. The van der Waals surface area contributed by atoms with Gasteiger partial charge in [0.1, 0.15) is 0 Å². The lowest BCUT2D eigenvalue weighted by Crippen LogP contribution is -2.44. The Kier molecular flexibility index (Phi) is 3.33. The second-order valence-corrected chi connectivity index (χ2v) is 2.62. The second kappa shape index (κ2) is 4.09. The highest BCUT2D eigenvalue weighted by molar-refractivity contribution is 6.17. The minimum Gasteiger partial charge on any atom is -0.314 e. The number of alkyl halides is 1. The van der Waals surface area contributed by atoms with Crippen molar-refractivity contribution in [2.75, 3.05) is 25.5 Å². The van der Waals surface area contributed by atoms with Gasteiger partial charge in [0.05, 0.1) is 0 Å². The Labute approximate surface area is 61.0 Å². The van der Waals surface area contributed by atoms with E-state index in [1.165, 1.54) is 0 Å². The molecule has 3 heteroatoms. The monoisotopic (exact) mass is 147 g/mol. The third-order valence-electron chi connectivity index (χ3n) is 1.50. The summed E-state index contributed by atoms with van der Waals surface area (Å²) in [7, 11) is 0. The zero-order valence-electron chi connectivity index (χ0n) is 5.44. The van der Waals surface area contributed by atoms with Gasteiger partial charge in [-0.15, -0.1) is 11.6 Å². The van der Waals surface area contributed by atoms with Crippen LogP contribution < -0.4 is 10.6 Å². The summed E-state index contributed by atoms with van der Waals surface area (Å²) in [4.78, 5) is 0. The fourth-order valence-electron chi connectivity index (χ4n) is 0.979. The summed E-state index contributed by atoms with van der Waals surface area (Å²) >= 11 is 5.55. The fraction of sp³-hybridized carbons (Fsp3) is 1.00. The number of piperazine rings is 1. The molecule has 9 heavy (non-hydrogen) atoms. The van der Waals surface area contributed by atoms with Gasteiger partial charge < -0.3 is 5.32 Å². The Morgan fingerprint density at radius 3 is 3.11 bits per heavy atom. The zero-order valence-corrected chi connectivity index (χ0v) is 6.19. The molecule has 0 saturated carbocycles. The maximum atomic E-state index is 5.55. The molecular weight excluding hydrogens is 136 g/mol. The van der Waals surface area contributed by atoms with Crippen molar-refractivity contribution in [1.29, 1.82) is 0 Å². The van der Waals surface area contributed by atoms with Crippen molar-refractivity contribution in [3.8, 4) is 0 Å². The molecule has 1 rings (SSSR count). The number of halogens is 1. The maximum absolute atomic E-state index is 5.55. The third kappa shape index (κ3) is 2.52. The smallest absolute Gasteiger partial charge is 0.0382 e. The average Bonchev–Trinajstić information content (AvgIpc) is 1.91. The Morgan fingerprint density at radius 1 is 1.67 bits per heavy atom. The predicted octanol–water partition coefficient (Wildman–Crippen LogP) is 0.191. The van der Waals surface area contributed by atoms with E-state index in [0.29, 0.717) is 6.04 Å². The predicted molar refractivity (Wildman–Crippen MR) is 39.0 cm³/mol. The van der Waals surface area contributed by atoms with Crippen LogP contribution in [0.5, 0.6) is 0 Å². The van der Waals surface area contributed by atoms with Crippen molar-refractivity contribution in [2.45, 2.75) is 12.5 Å². The molecule has 2 nitrogen and oxygen atoms in total. The van der Waals surface area contributed by atoms with Gasteiger partial charge in [-0.2, -0.15) is 0 Å². The van der Waals surface area contributed by atoms with E-state index in [4.69, 9.17) is 11.6 Å². The molecule has 1 fully saturated rings. The highest BCUT2D eigenvalue weighted by Gasteiger charge is 2.11. The average molecular weight is 148 g/mol. The zero-order chi connectivity index (χ0) is 6.53. The lowest BCUT2D eigenvalue weighted by atomic mass is 10.2. The normalized spacial score (nSPS) is 28.3. The Bertz CT molecular complexity index is 68.7. The molecular formula is C6H12ClN2. The van der Waals surface area contributed by atoms with Gasteiger partial charge in [-0.05, 0) is 6.42 Å². The highest BCUT2D eigenvalue weighted by Crippen LogP contribution is 1.96. The topological polar surface area (TPSA) is 26.1 Å². The molecule has 0 aromatic carbocycles. The molecule has 1 atom stereocenters. The van der Waals surface area contributed by atoms with Gasteiger partial charge in [0, 0.05) is 31.6 Å². The van der Waals surface area contributed by atoms with Gasteiger partial charge in [-0.3, -0.25) is 0 Å². The van der Waals surface area contributed by atoms with E-state index in [-0.39, 0.29) is 0 Å². The first kappa shape index (κ1) is 7.32. The second-order valence-electron chi connectivity index (χ2n) is 2.24. The van der Waals surface area contributed by atoms with Gasteiger partial charge in [0.2, 0.25) is 0 Å². The van der Waals surface area contributed by atoms with Crippen LogP contribution in [0.4, 0.5) is 0 Å². The molecule has 1 unspecified atom stereocenters. The highest BCUT2D eigenvalue weighted by atomic mass is 35.5. The number of nitrogens with zero attached hydrogens (tertiary/aromatic N) is 1. The molecule has 0 bridgehead atoms. The molecule has 0 aliphatic carbocycles. The number of rotatable bonds is 2. The maximum Gasteiger partial charge on any atom is 0.0382 e. The Balaban J connectivity index is 2.08. The molecule has 1 aliphatic heterocycles. The quantitative estimate of drug-likeness (QED) is 0.555. The molecule has 1 aliphatic rings. The molecule has 1 N–H and O–H groups in total. The van der Waals surface area contributed by atoms with Gasteiger partial charge in [-0.1, -0.05) is 0 Å². The Morgan fingerprint density at radius 2 is 2.56 bits per heavy atom. The van der Waals surface area contributed by atoms with Crippen LogP contribution in [-0.4, -0.2) is 31.6 Å². The summed E-state index contributed by atoms with van der Waals surface area (Å²) in [5, 5.41) is 7.64. The lowest BCUT2D eigenvalue weighted by Gasteiger charge is -2.21. The van der Waals surface area contributed by atoms with Gasteiger partial charge in [0.25, 0.3) is 0 Å². The molecule has 0 aromatic rings. The standard InChI is InChI=1S/C6H12ClN2/c7-2-1-6-5-8-3-4-9-6/h6,8H,1-5H2. The summed E-state index contributed by atoms with van der Waals surface area (Å²) in [5.74, 6) is 0.732. The van der Waals surface area contributed by atoms with Crippen molar-refractivity contribution in [2.24, 2.45) is 0 Å². The van der Waals surface area contributed by atoms with Crippen molar-refractivity contribution in [1.82, 2.24) is 10.6 Å². The van der Waals surface area contributed by atoms with Crippen molar-refractivity contribution in [3.63, 3.8) is 0 Å². The van der Waals surface area contributed by atoms with Crippen LogP contribution >= 0.6 is 11.6 Å². The summed E-state index contributed by atoms with van der Waals surface area (Å²) in [6.07, 6.45) is 1.02. The molecule has 0 aromatic heterocycles. The fourth-order valence-corrected chi connectivity index (χ4v) is 1.23. The number of hydrogen-bond donors (Lipinski definition) is 1. The molecule has 1 saturated heterocycles. The summed E-state index contributed by atoms with van der Waals surface area (Å²) in [5.41, 5.74) is 0. The van der Waals surface area contributed by atoms with Gasteiger partial charge in [0.15, 0.2) is 0 Å². The van der Waals surface area contributed by atoms with Crippen molar-refractivity contribution >= 4 is 11.6 Å². The lowest BCUT2D eigenvalue weighted by molar-refractivity contribution is 0.403. The van der Waals surface area contributed by atoms with Crippen molar-refractivity contribution < 1.29 is 0 Å². The van der Waals surface area contributed by atoms with E-state index >= 15 is 0 Å². The van der Waals surface area contributed by atoms with Crippen LogP contribution in [0.1, 0.15) is 6.42 Å². The molecule has 1 radical (unpaired) electrons. The van der Waals surface area contributed by atoms with E-state index < -0.39 is 0 Å². The first-order valence-electron chi connectivity index (χ1n) is 3.37. The molecule has 0 amide bonds. The van der Waals surface area contributed by atoms with E-state index in [2.05, 4.69) is 10.6 Å². The van der Waals surface area contributed by atoms with E-state index in [1.807, 2.05) is 0 Å². The molecule has 1 heterocycles. The largest absolute Gasteiger partial charge is 0.314 e. The van der Waals surface area contributed by atoms with Crippen LogP contribution in [0.25, 0.3) is 0 Å². The minimum atomic E-state index is 0.483. The molecule has 53 valence electrons. The molecule has 0 spiro atoms. The SMILES string of the molecule is ClCCC1CNCC[N]1. The summed E-state index contributed by atoms with van der Waals surface area (Å²) < 4.78 is 0. The van der Waals surface area contributed by atoms with Gasteiger partial charge in [-0.25, -0.2) is 5.32 Å². The van der Waals surface area contributed by atoms with Crippen LogP contribution in [0, 0.1) is 0 Å². The van der Waals surface area contributed by atoms with E-state index in [0.717, 1.165) is 31.9 Å². The summed E-state index contributed by atoms with van der Waals surface area (Å²) in [6.45, 7) is 3.02. The van der Waals surface area contributed by atoms with Crippen LogP contribution in [0.2, 0.25) is 0 Å². The van der Waals surface area contributed by atoms with Crippen LogP contribution in [0.15, 0.2) is 0 Å². The van der Waals surface area contributed by atoms with E-state index in [1.54, 1.807) is 0 Å². The first-order chi connectivity index (χ1) is 4.43. The summed E-state index contributed by atoms with van der Waals surface area (Å²) in [6, 6.07) is 0.483. The first-order valence-corrected chi connectivity index (χ1v) is 3.90. The third-order valence-corrected chi connectivity index (χ3v) is 1.72. The van der Waals surface area contributed by atoms with Crippen LogP contribution in [0.3, 0.4) is 0 Å². The van der Waals surface area contributed by atoms with Crippen molar-refractivity contribution in [3.05, 3.63) is 0 Å². The number of nitrogens with one attached hydrogen (secondary N) is 1.